The first-order chi connectivity index (χ1) is 17.9. The Morgan fingerprint density at radius 3 is 0.694 bits per heavy atom. The van der Waals surface area contributed by atoms with Crippen molar-refractivity contribution in [1.82, 2.24) is 0 Å². The number of aliphatic hydroxyl groups excluding tert-OH is 4. The van der Waals surface area contributed by atoms with Crippen LogP contribution in [0.4, 0.5) is 0 Å². The zero-order valence-electron chi connectivity index (χ0n) is 25.2. The van der Waals surface area contributed by atoms with Gasteiger partial charge >= 0.3 is 0 Å². The van der Waals surface area contributed by atoms with Crippen molar-refractivity contribution in [3.05, 3.63) is 97.1 Å². The second-order valence-corrected chi connectivity index (χ2v) is 5.04. The summed E-state index contributed by atoms with van der Waals surface area (Å²) in [6.07, 6.45) is 17.4. The van der Waals surface area contributed by atoms with Gasteiger partial charge in [-0.1, -0.05) is 153 Å². The normalized spacial score (nSPS) is 13.7. The molecule has 4 heteroatoms. The van der Waals surface area contributed by atoms with E-state index in [0.717, 1.165) is 28.4 Å². The van der Waals surface area contributed by atoms with Gasteiger partial charge in [0.15, 0.2) is 0 Å². The Bertz CT molecular complexity index is 589. The van der Waals surface area contributed by atoms with Crippen LogP contribution in [0.2, 0.25) is 0 Å². The Labute approximate surface area is 224 Å². The molecule has 36 heavy (non-hydrogen) atoms. The highest BCUT2D eigenvalue weighted by Gasteiger charge is 2.13. The van der Waals surface area contributed by atoms with Gasteiger partial charge in [-0.2, -0.15) is 0 Å². The molecule has 0 fully saturated rings. The number of allylic oxidation sites excluding steroid dienone is 8. The van der Waals surface area contributed by atoms with E-state index in [9.17, 15) is 0 Å². The molecule has 0 saturated carbocycles. The molecule has 4 N–H and O–H groups in total. The van der Waals surface area contributed by atoms with Gasteiger partial charge in [0.1, 0.15) is 0 Å². The van der Waals surface area contributed by atoms with E-state index < -0.39 is 0 Å². The lowest BCUT2D eigenvalue weighted by molar-refractivity contribution is 0.399. The maximum Gasteiger partial charge on any atom is 0.0319 e. The highest BCUT2D eigenvalue weighted by molar-refractivity contribution is 5.82. The summed E-state index contributed by atoms with van der Waals surface area (Å²) in [5, 5.41) is 30.6. The summed E-state index contributed by atoms with van der Waals surface area (Å²) < 4.78 is 0. The Balaban J connectivity index is -0.0000000811. The zero-order chi connectivity index (χ0) is 29.6. The van der Waals surface area contributed by atoms with Crippen LogP contribution in [0, 0.1) is 11.8 Å². The molecule has 0 amide bonds. The third-order valence-corrected chi connectivity index (χ3v) is 3.66. The van der Waals surface area contributed by atoms with Gasteiger partial charge < -0.3 is 20.4 Å². The molecule has 0 spiro atoms. The zero-order valence-corrected chi connectivity index (χ0v) is 25.2. The molecule has 0 aromatic heterocycles. The minimum atomic E-state index is 0.620. The molecule has 0 saturated heterocycles. The molecule has 210 valence electrons. The molecule has 0 bridgehead atoms. The summed E-state index contributed by atoms with van der Waals surface area (Å²) in [6.45, 7) is 16.0. The maximum atomic E-state index is 7.00. The molecule has 2 aliphatic carbocycles. The van der Waals surface area contributed by atoms with Gasteiger partial charge in [0.25, 0.3) is 0 Å². The first kappa shape index (κ1) is 46.8. The van der Waals surface area contributed by atoms with Crippen molar-refractivity contribution < 1.29 is 20.4 Å². The Hall–Kier alpha value is -2.50. The highest BCUT2D eigenvalue weighted by atomic mass is 16.2. The summed E-state index contributed by atoms with van der Waals surface area (Å²) in [6, 6.07) is 16.7. The number of hydrogen-bond acceptors (Lipinski definition) is 4. The smallest absolute Gasteiger partial charge is 0.0319 e. The molecule has 0 atom stereocenters. The molecular weight excluding hydrogens is 448 g/mol. The predicted octanol–water partition coefficient (Wildman–Crippen LogP) is 7.85. The standard InChI is InChI=1S/C10H10.C10H8.4C2H6.4CH4O/c2*1-2-6-10-8-4-3-7-9(10)5-1;8*1-2/h1-10H;1-8H;4*1-2H3;4*2H,1H3. The third kappa shape index (κ3) is 26.1. The molecule has 2 aromatic carbocycles. The largest absolute Gasteiger partial charge is 0.400 e. The number of aliphatic hydroxyl groups is 4. The molecule has 2 aromatic rings. The van der Waals surface area contributed by atoms with E-state index in [1.165, 1.54) is 10.8 Å². The van der Waals surface area contributed by atoms with E-state index in [4.69, 9.17) is 20.4 Å². The van der Waals surface area contributed by atoms with Crippen LogP contribution >= 0.6 is 0 Å². The molecule has 0 unspecified atom stereocenters. The maximum absolute atomic E-state index is 7.00. The van der Waals surface area contributed by atoms with E-state index in [1.54, 1.807) is 0 Å². The summed E-state index contributed by atoms with van der Waals surface area (Å²) in [5.41, 5.74) is 0. The van der Waals surface area contributed by atoms with Crippen LogP contribution in [0.3, 0.4) is 0 Å². The third-order valence-electron chi connectivity index (χ3n) is 3.66. The number of benzene rings is 2. The van der Waals surface area contributed by atoms with Crippen molar-refractivity contribution >= 4 is 10.8 Å². The molecule has 4 nitrogen and oxygen atoms in total. The summed E-state index contributed by atoms with van der Waals surface area (Å²) in [5.74, 6) is 1.24. The van der Waals surface area contributed by atoms with Crippen molar-refractivity contribution in [3.8, 4) is 0 Å². The highest BCUT2D eigenvalue weighted by Crippen LogP contribution is 2.24. The van der Waals surface area contributed by atoms with E-state index in [-0.39, 0.29) is 0 Å². The molecule has 2 aliphatic rings. The minimum Gasteiger partial charge on any atom is -0.400 e. The van der Waals surface area contributed by atoms with Crippen LogP contribution in [0.15, 0.2) is 97.1 Å². The van der Waals surface area contributed by atoms with Crippen LogP contribution in [0.5, 0.6) is 0 Å². The van der Waals surface area contributed by atoms with Crippen LogP contribution in [0.25, 0.3) is 10.8 Å². The fraction of sp³-hybridized carbons (Fsp3) is 0.438. The molecule has 0 heterocycles. The average Bonchev–Trinajstić information content (AvgIpc) is 3.05. The Morgan fingerprint density at radius 2 is 0.528 bits per heavy atom. The van der Waals surface area contributed by atoms with Gasteiger partial charge in [-0.05, 0) is 10.8 Å². The van der Waals surface area contributed by atoms with Crippen molar-refractivity contribution in [2.24, 2.45) is 11.8 Å². The molecule has 0 aliphatic heterocycles. The van der Waals surface area contributed by atoms with E-state index in [1.807, 2.05) is 55.4 Å². The quantitative estimate of drug-likeness (QED) is 0.293. The van der Waals surface area contributed by atoms with Crippen molar-refractivity contribution in [3.63, 3.8) is 0 Å². The van der Waals surface area contributed by atoms with Gasteiger partial charge in [0, 0.05) is 40.3 Å². The number of rotatable bonds is 0. The van der Waals surface area contributed by atoms with E-state index in [2.05, 4.69) is 97.1 Å². The number of hydrogen-bond donors (Lipinski definition) is 4. The van der Waals surface area contributed by atoms with Crippen LogP contribution in [-0.4, -0.2) is 48.9 Å². The van der Waals surface area contributed by atoms with Crippen molar-refractivity contribution in [2.45, 2.75) is 55.4 Å². The van der Waals surface area contributed by atoms with Crippen LogP contribution in [-0.2, 0) is 0 Å². The van der Waals surface area contributed by atoms with Crippen molar-refractivity contribution in [2.75, 3.05) is 28.4 Å². The van der Waals surface area contributed by atoms with Crippen molar-refractivity contribution in [1.29, 1.82) is 0 Å². The lowest BCUT2D eigenvalue weighted by Crippen LogP contribution is -2.09. The number of fused-ring (bicyclic) bond motifs is 2. The first-order valence-corrected chi connectivity index (χ1v) is 12.9. The summed E-state index contributed by atoms with van der Waals surface area (Å²) in [7, 11) is 4.00. The monoisotopic (exact) mass is 506 g/mol. The van der Waals surface area contributed by atoms with Gasteiger partial charge in [0.2, 0.25) is 0 Å². The molecular formula is C32H58O4. The Morgan fingerprint density at radius 1 is 0.361 bits per heavy atom. The minimum absolute atomic E-state index is 0.620. The molecule has 4 rings (SSSR count). The van der Waals surface area contributed by atoms with E-state index in [0.29, 0.717) is 11.8 Å². The lowest BCUT2D eigenvalue weighted by Gasteiger charge is -2.19. The second-order valence-electron chi connectivity index (χ2n) is 5.04. The first-order valence-electron chi connectivity index (χ1n) is 12.9. The fourth-order valence-electron chi connectivity index (χ4n) is 2.54. The predicted molar refractivity (Wildman–Crippen MR) is 165 cm³/mol. The van der Waals surface area contributed by atoms with Gasteiger partial charge in [-0.15, -0.1) is 0 Å². The van der Waals surface area contributed by atoms with Crippen LogP contribution in [0.1, 0.15) is 55.4 Å². The second kappa shape index (κ2) is 49.6. The summed E-state index contributed by atoms with van der Waals surface area (Å²) >= 11 is 0. The molecule has 0 radical (unpaired) electrons. The Kier molecular flexibility index (Phi) is 64.5. The van der Waals surface area contributed by atoms with Crippen LogP contribution < -0.4 is 0 Å². The average molecular weight is 507 g/mol. The van der Waals surface area contributed by atoms with E-state index >= 15 is 0 Å². The van der Waals surface area contributed by atoms with Gasteiger partial charge in [-0.25, -0.2) is 0 Å². The summed E-state index contributed by atoms with van der Waals surface area (Å²) in [4.78, 5) is 0. The topological polar surface area (TPSA) is 80.9 Å². The SMILES string of the molecule is C1=CC2C=CC=CC2C=C1.CC.CC.CC.CC.CO.CO.CO.CO.c1ccc2ccccc2c1. The van der Waals surface area contributed by atoms with Gasteiger partial charge in [-0.3, -0.25) is 0 Å². The fourth-order valence-corrected chi connectivity index (χ4v) is 2.54. The lowest BCUT2D eigenvalue weighted by atomic mass is 9.85. The van der Waals surface area contributed by atoms with Gasteiger partial charge in [0.05, 0.1) is 0 Å².